The smallest absolute Gasteiger partial charge is 0.323 e. The number of rotatable bonds is 5. The van der Waals surface area contributed by atoms with Crippen LogP contribution in [-0.4, -0.2) is 33.5 Å². The van der Waals surface area contributed by atoms with Gasteiger partial charge in [0.05, 0.1) is 15.5 Å². The molecular weight excluding hydrogens is 272 g/mol. The zero-order chi connectivity index (χ0) is 14.8. The lowest BCUT2D eigenvalue weighted by atomic mass is 10.0. The lowest BCUT2D eigenvalue weighted by Crippen LogP contribution is -2.47. The summed E-state index contributed by atoms with van der Waals surface area (Å²) < 4.78 is 0. The highest BCUT2D eigenvalue weighted by Gasteiger charge is 2.33. The first-order valence-corrected chi connectivity index (χ1v) is 5.92. The molecule has 0 heterocycles. The van der Waals surface area contributed by atoms with Crippen molar-refractivity contribution in [3.8, 4) is 0 Å². The second kappa shape index (κ2) is 5.54. The van der Waals surface area contributed by atoms with E-state index < -0.39 is 16.4 Å². The van der Waals surface area contributed by atoms with Crippen LogP contribution in [0.4, 0.5) is 5.69 Å². The van der Waals surface area contributed by atoms with E-state index in [2.05, 4.69) is 0 Å². The third kappa shape index (κ3) is 3.21. The maximum Gasteiger partial charge on any atom is 0.323 e. The minimum atomic E-state index is -1.15. The zero-order valence-corrected chi connectivity index (χ0v) is 11.6. The number of hydrogen-bond donors (Lipinski definition) is 1. The fourth-order valence-corrected chi connectivity index (χ4v) is 1.70. The number of halogens is 1. The number of nitro groups is 1. The molecule has 0 spiro atoms. The van der Waals surface area contributed by atoms with Gasteiger partial charge >= 0.3 is 5.97 Å². The van der Waals surface area contributed by atoms with Crippen molar-refractivity contribution in [3.05, 3.63) is 38.9 Å². The molecule has 104 valence electrons. The van der Waals surface area contributed by atoms with Crippen molar-refractivity contribution in [1.82, 2.24) is 4.90 Å². The quantitative estimate of drug-likeness (QED) is 0.664. The van der Waals surface area contributed by atoms with Crippen LogP contribution in [0.15, 0.2) is 18.2 Å². The molecule has 1 N–H and O–H groups in total. The van der Waals surface area contributed by atoms with Crippen LogP contribution < -0.4 is 0 Å². The maximum atomic E-state index is 11.1. The SMILES string of the molecule is CN(Cc1c(Cl)cccc1[N+](=O)[O-])C(C)(C)C(=O)O. The normalized spacial score (nSPS) is 11.6. The van der Waals surface area contributed by atoms with E-state index in [1.165, 1.54) is 30.9 Å². The Bertz CT molecular complexity index is 516. The largest absolute Gasteiger partial charge is 0.480 e. The van der Waals surface area contributed by atoms with Gasteiger partial charge < -0.3 is 5.11 Å². The first-order valence-electron chi connectivity index (χ1n) is 5.54. The number of aliphatic carboxylic acids is 1. The molecule has 0 aliphatic carbocycles. The summed E-state index contributed by atoms with van der Waals surface area (Å²) in [6, 6.07) is 4.39. The van der Waals surface area contributed by atoms with Crippen molar-refractivity contribution in [2.24, 2.45) is 0 Å². The molecule has 0 radical (unpaired) electrons. The van der Waals surface area contributed by atoms with Crippen LogP contribution in [0.3, 0.4) is 0 Å². The minimum Gasteiger partial charge on any atom is -0.480 e. The van der Waals surface area contributed by atoms with E-state index in [4.69, 9.17) is 16.7 Å². The van der Waals surface area contributed by atoms with Crippen LogP contribution in [0.25, 0.3) is 0 Å². The van der Waals surface area contributed by atoms with Gasteiger partial charge in [-0.25, -0.2) is 0 Å². The second-order valence-electron chi connectivity index (χ2n) is 4.71. The van der Waals surface area contributed by atoms with E-state index >= 15 is 0 Å². The summed E-state index contributed by atoms with van der Waals surface area (Å²) in [7, 11) is 1.58. The molecule has 19 heavy (non-hydrogen) atoms. The topological polar surface area (TPSA) is 83.7 Å². The lowest BCUT2D eigenvalue weighted by molar-refractivity contribution is -0.385. The van der Waals surface area contributed by atoms with Crippen molar-refractivity contribution in [3.63, 3.8) is 0 Å². The van der Waals surface area contributed by atoms with Crippen LogP contribution in [0.5, 0.6) is 0 Å². The zero-order valence-electron chi connectivity index (χ0n) is 10.9. The van der Waals surface area contributed by atoms with Gasteiger partial charge in [-0.3, -0.25) is 19.8 Å². The number of carboxylic acids is 1. The van der Waals surface area contributed by atoms with Gasteiger partial charge in [-0.05, 0) is 27.0 Å². The highest BCUT2D eigenvalue weighted by atomic mass is 35.5. The Morgan fingerprint density at radius 3 is 2.58 bits per heavy atom. The molecule has 7 heteroatoms. The number of carbonyl (C=O) groups is 1. The van der Waals surface area contributed by atoms with Gasteiger partial charge in [0.1, 0.15) is 5.54 Å². The summed E-state index contributed by atoms with van der Waals surface area (Å²) in [5, 5.41) is 20.3. The van der Waals surface area contributed by atoms with Crippen LogP contribution in [0, 0.1) is 10.1 Å². The van der Waals surface area contributed by atoms with Gasteiger partial charge in [-0.15, -0.1) is 0 Å². The molecule has 0 aromatic heterocycles. The van der Waals surface area contributed by atoms with E-state index in [1.54, 1.807) is 13.1 Å². The lowest BCUT2D eigenvalue weighted by Gasteiger charge is -2.31. The second-order valence-corrected chi connectivity index (χ2v) is 5.12. The van der Waals surface area contributed by atoms with Crippen molar-refractivity contribution in [1.29, 1.82) is 0 Å². The summed E-state index contributed by atoms with van der Waals surface area (Å²) in [5.41, 5.74) is -0.945. The fraction of sp³-hybridized carbons (Fsp3) is 0.417. The molecule has 0 aliphatic rings. The third-order valence-corrected chi connectivity index (χ3v) is 3.52. The van der Waals surface area contributed by atoms with Crippen LogP contribution in [0.2, 0.25) is 5.02 Å². The van der Waals surface area contributed by atoms with Crippen molar-refractivity contribution >= 4 is 23.3 Å². The minimum absolute atomic E-state index is 0.0787. The maximum absolute atomic E-state index is 11.1. The van der Waals surface area contributed by atoms with Gasteiger partial charge in [0.2, 0.25) is 0 Å². The van der Waals surface area contributed by atoms with Crippen LogP contribution >= 0.6 is 11.6 Å². The number of likely N-dealkylation sites (N-methyl/N-ethyl adjacent to an activating group) is 1. The Labute approximate surface area is 115 Å². The van der Waals surface area contributed by atoms with E-state index in [0.717, 1.165) is 0 Å². The summed E-state index contributed by atoms with van der Waals surface area (Å²) >= 11 is 5.97. The van der Waals surface area contributed by atoms with Gasteiger partial charge in [0, 0.05) is 12.6 Å². The van der Waals surface area contributed by atoms with Gasteiger partial charge in [0.25, 0.3) is 5.69 Å². The molecule has 1 aromatic carbocycles. The number of carboxylic acid groups (broad SMARTS) is 1. The molecule has 6 nitrogen and oxygen atoms in total. The first-order chi connectivity index (χ1) is 8.67. The molecule has 0 unspecified atom stereocenters. The van der Waals surface area contributed by atoms with Crippen LogP contribution in [-0.2, 0) is 11.3 Å². The summed E-state index contributed by atoms with van der Waals surface area (Å²) in [5.74, 6) is -1.01. The van der Waals surface area contributed by atoms with Gasteiger partial charge in [-0.2, -0.15) is 0 Å². The monoisotopic (exact) mass is 286 g/mol. The average Bonchev–Trinajstić information content (AvgIpc) is 2.30. The molecule has 0 amide bonds. The summed E-state index contributed by atoms with van der Waals surface area (Å²) in [4.78, 5) is 23.1. The Balaban J connectivity index is 3.13. The molecule has 0 saturated heterocycles. The fourth-order valence-electron chi connectivity index (χ4n) is 1.47. The van der Waals surface area contributed by atoms with Crippen molar-refractivity contribution in [2.45, 2.75) is 25.9 Å². The van der Waals surface area contributed by atoms with Crippen molar-refractivity contribution in [2.75, 3.05) is 7.05 Å². The molecule has 1 rings (SSSR count). The van der Waals surface area contributed by atoms with E-state index in [9.17, 15) is 14.9 Å². The molecule has 0 fully saturated rings. The standard InChI is InChI=1S/C12H15ClN2O4/c1-12(2,11(16)17)14(3)7-8-9(13)5-4-6-10(8)15(18)19/h4-6H,7H2,1-3H3,(H,16,17). The molecule has 0 atom stereocenters. The van der Waals surface area contributed by atoms with Gasteiger partial charge in [-0.1, -0.05) is 17.7 Å². The Hall–Kier alpha value is -1.66. The molecular formula is C12H15ClN2O4. The molecule has 0 bridgehead atoms. The Morgan fingerprint density at radius 2 is 2.11 bits per heavy atom. The van der Waals surface area contributed by atoms with E-state index in [0.29, 0.717) is 5.56 Å². The highest BCUT2D eigenvalue weighted by molar-refractivity contribution is 6.31. The van der Waals surface area contributed by atoms with E-state index in [-0.39, 0.29) is 17.3 Å². The number of hydrogen-bond acceptors (Lipinski definition) is 4. The van der Waals surface area contributed by atoms with Gasteiger partial charge in [0.15, 0.2) is 0 Å². The third-order valence-electron chi connectivity index (χ3n) is 3.16. The number of nitro benzene ring substituents is 1. The number of benzene rings is 1. The molecule has 0 saturated carbocycles. The number of nitrogens with zero attached hydrogens (tertiary/aromatic N) is 2. The van der Waals surface area contributed by atoms with Crippen molar-refractivity contribution < 1.29 is 14.8 Å². The van der Waals surface area contributed by atoms with Crippen LogP contribution in [0.1, 0.15) is 19.4 Å². The Morgan fingerprint density at radius 1 is 1.53 bits per heavy atom. The molecule has 0 aliphatic heterocycles. The summed E-state index contributed by atoms with van der Waals surface area (Å²) in [6.07, 6.45) is 0. The highest BCUT2D eigenvalue weighted by Crippen LogP contribution is 2.29. The first kappa shape index (κ1) is 15.4. The average molecular weight is 287 g/mol. The predicted octanol–water partition coefficient (Wildman–Crippen LogP) is 2.54. The molecule has 1 aromatic rings. The summed E-state index contributed by atoms with van der Waals surface area (Å²) in [6.45, 7) is 3.13. The predicted molar refractivity (Wildman–Crippen MR) is 71.3 cm³/mol. The Kier molecular flexibility index (Phi) is 4.49. The van der Waals surface area contributed by atoms with E-state index in [1.807, 2.05) is 0 Å².